The number of nitrogens with two attached hydrogens (primary N) is 1. The van der Waals surface area contributed by atoms with Gasteiger partial charge in [0.25, 0.3) is 0 Å². The maximum atomic E-state index is 11.6. The fraction of sp³-hybridized carbons (Fsp3) is 0.333. The number of fused-ring (bicyclic) bond motifs is 1. The smallest absolute Gasteiger partial charge is 0.238 e. The van der Waals surface area contributed by atoms with Gasteiger partial charge in [-0.05, 0) is 42.5 Å². The van der Waals surface area contributed by atoms with Gasteiger partial charge in [-0.1, -0.05) is 18.9 Å². The van der Waals surface area contributed by atoms with Gasteiger partial charge in [0, 0.05) is 11.9 Å². The molecule has 0 radical (unpaired) electrons. The highest BCUT2D eigenvalue weighted by atomic mass is 32.2. The Hall–Kier alpha value is -2.65. The van der Waals surface area contributed by atoms with Gasteiger partial charge in [-0.15, -0.1) is 0 Å². The Bertz CT molecular complexity index is 1090. The number of aromatic amines is 1. The number of benzene rings is 1. The van der Waals surface area contributed by atoms with Crippen LogP contribution in [0.1, 0.15) is 37.2 Å². The molecule has 0 atom stereocenters. The van der Waals surface area contributed by atoms with Crippen molar-refractivity contribution in [2.45, 2.75) is 36.5 Å². The monoisotopic (exact) mass is 387 g/mol. The maximum Gasteiger partial charge on any atom is 0.238 e. The van der Waals surface area contributed by atoms with E-state index in [0.717, 1.165) is 29.3 Å². The lowest BCUT2D eigenvalue weighted by Crippen LogP contribution is -2.12. The van der Waals surface area contributed by atoms with Crippen molar-refractivity contribution < 1.29 is 13.2 Å². The molecule has 2 aromatic heterocycles. The summed E-state index contributed by atoms with van der Waals surface area (Å²) in [5, 5.41) is 16.6. The highest BCUT2D eigenvalue weighted by molar-refractivity contribution is 7.89. The minimum Gasteiger partial charge on any atom is -0.480 e. The topological polar surface area (TPSA) is 123 Å². The molecule has 1 aliphatic rings. The maximum absolute atomic E-state index is 11.6. The summed E-state index contributed by atoms with van der Waals surface area (Å²) in [4.78, 5) is 4.49. The average molecular weight is 387 g/mol. The number of sulfonamides is 1. The van der Waals surface area contributed by atoms with E-state index in [-0.39, 0.29) is 4.90 Å². The molecule has 8 nitrogen and oxygen atoms in total. The van der Waals surface area contributed by atoms with Crippen LogP contribution in [0.3, 0.4) is 0 Å². The van der Waals surface area contributed by atoms with E-state index in [2.05, 4.69) is 20.5 Å². The van der Waals surface area contributed by atoms with Gasteiger partial charge in [0.1, 0.15) is 5.39 Å². The second-order valence-electron chi connectivity index (χ2n) is 6.72. The molecule has 9 heteroatoms. The normalized spacial score (nSPS) is 15.3. The Morgan fingerprint density at radius 1 is 1.30 bits per heavy atom. The van der Waals surface area contributed by atoms with Gasteiger partial charge in [-0.2, -0.15) is 5.10 Å². The summed E-state index contributed by atoms with van der Waals surface area (Å²) in [5.41, 5.74) is 2.60. The number of H-pyrrole nitrogens is 1. The molecular weight excluding hydrogens is 366 g/mol. The van der Waals surface area contributed by atoms with E-state index in [0.29, 0.717) is 23.3 Å². The predicted octanol–water partition coefficient (Wildman–Crippen LogP) is 3.02. The third-order valence-electron chi connectivity index (χ3n) is 5.00. The van der Waals surface area contributed by atoms with Gasteiger partial charge in [-0.25, -0.2) is 18.5 Å². The number of pyridine rings is 1. The van der Waals surface area contributed by atoms with Crippen molar-refractivity contribution >= 4 is 32.4 Å². The Balaban J connectivity index is 1.77. The fourth-order valence-corrected chi connectivity index (χ4v) is 4.25. The van der Waals surface area contributed by atoms with Gasteiger partial charge < -0.3 is 10.1 Å². The molecule has 142 valence electrons. The number of methoxy groups -OCH3 is 1. The molecule has 0 spiro atoms. The number of aromatic nitrogens is 3. The van der Waals surface area contributed by atoms with Gasteiger partial charge in [-0.3, -0.25) is 5.10 Å². The number of nitrogens with zero attached hydrogens (tertiary/aromatic N) is 2. The zero-order valence-electron chi connectivity index (χ0n) is 14.9. The van der Waals surface area contributed by atoms with Gasteiger partial charge >= 0.3 is 0 Å². The molecule has 4 rings (SSSR count). The molecule has 1 fully saturated rings. The summed E-state index contributed by atoms with van der Waals surface area (Å²) < 4.78 is 28.6. The number of nitrogens with one attached hydrogen (secondary N) is 2. The van der Waals surface area contributed by atoms with Crippen molar-refractivity contribution in [2.24, 2.45) is 5.14 Å². The number of rotatable bonds is 5. The van der Waals surface area contributed by atoms with Crippen molar-refractivity contribution in [1.82, 2.24) is 15.2 Å². The second-order valence-corrected chi connectivity index (χ2v) is 8.29. The lowest BCUT2D eigenvalue weighted by molar-refractivity contribution is 0.403. The van der Waals surface area contributed by atoms with Crippen molar-refractivity contribution in [2.75, 3.05) is 12.4 Å². The molecular formula is C18H21N5O3S. The van der Waals surface area contributed by atoms with Crippen LogP contribution < -0.4 is 15.2 Å². The van der Waals surface area contributed by atoms with Crippen LogP contribution in [0.25, 0.3) is 10.9 Å². The van der Waals surface area contributed by atoms with Crippen LogP contribution in [-0.4, -0.2) is 30.7 Å². The van der Waals surface area contributed by atoms with E-state index in [1.165, 1.54) is 25.0 Å². The highest BCUT2D eigenvalue weighted by Crippen LogP contribution is 2.40. The molecule has 0 unspecified atom stereocenters. The van der Waals surface area contributed by atoms with E-state index >= 15 is 0 Å². The quantitative estimate of drug-likeness (QED) is 0.618. The Kier molecular flexibility index (Phi) is 4.48. The van der Waals surface area contributed by atoms with E-state index in [4.69, 9.17) is 9.88 Å². The minimum absolute atomic E-state index is 0.0316. The van der Waals surface area contributed by atoms with Crippen LogP contribution in [0.15, 0.2) is 35.4 Å². The van der Waals surface area contributed by atoms with Crippen LogP contribution in [0.5, 0.6) is 5.88 Å². The summed E-state index contributed by atoms with van der Waals surface area (Å²) in [6, 6.07) is 6.28. The molecule has 27 heavy (non-hydrogen) atoms. The van der Waals surface area contributed by atoms with Crippen LogP contribution in [0.4, 0.5) is 11.5 Å². The summed E-state index contributed by atoms with van der Waals surface area (Å²) in [6.07, 6.45) is 6.58. The molecule has 1 saturated carbocycles. The van der Waals surface area contributed by atoms with Crippen molar-refractivity contribution in [3.05, 3.63) is 36.0 Å². The lowest BCUT2D eigenvalue weighted by atomic mass is 9.97. The SMILES string of the molecule is COc1ncc(C2CCCC2)c2[nH]nc(Nc3cccc(S(N)(=O)=O)c3)c12. The van der Waals surface area contributed by atoms with Crippen molar-refractivity contribution in [3.63, 3.8) is 0 Å². The highest BCUT2D eigenvalue weighted by Gasteiger charge is 2.24. The van der Waals surface area contributed by atoms with Crippen LogP contribution >= 0.6 is 0 Å². The standard InChI is InChI=1S/C18H21N5O3S/c1-26-18-15-16(14(10-20-18)11-5-2-3-6-11)22-23-17(15)21-12-7-4-8-13(9-12)27(19,24)25/h4,7-11H,2-3,5-6H2,1H3,(H2,19,24,25)(H2,21,22,23). The fourth-order valence-electron chi connectivity index (χ4n) is 3.70. The summed E-state index contributed by atoms with van der Waals surface area (Å²) in [5.74, 6) is 1.45. The zero-order chi connectivity index (χ0) is 19.0. The first-order valence-corrected chi connectivity index (χ1v) is 10.3. The second kappa shape index (κ2) is 6.82. The summed E-state index contributed by atoms with van der Waals surface area (Å²) >= 11 is 0. The third-order valence-corrected chi connectivity index (χ3v) is 5.91. The number of hydrogen-bond donors (Lipinski definition) is 3. The summed E-state index contributed by atoms with van der Waals surface area (Å²) in [7, 11) is -2.22. The number of hydrogen-bond acceptors (Lipinski definition) is 6. The van der Waals surface area contributed by atoms with Crippen LogP contribution in [0.2, 0.25) is 0 Å². The van der Waals surface area contributed by atoms with Crippen molar-refractivity contribution in [3.8, 4) is 5.88 Å². The molecule has 0 amide bonds. The molecule has 3 aromatic rings. The Labute approximate surface area is 157 Å². The van der Waals surface area contributed by atoms with Crippen LogP contribution in [-0.2, 0) is 10.0 Å². The molecule has 4 N–H and O–H groups in total. The molecule has 0 aliphatic heterocycles. The number of anilines is 2. The van der Waals surface area contributed by atoms with E-state index < -0.39 is 10.0 Å². The zero-order valence-corrected chi connectivity index (χ0v) is 15.7. The predicted molar refractivity (Wildman–Crippen MR) is 103 cm³/mol. The first-order chi connectivity index (χ1) is 13.0. The van der Waals surface area contributed by atoms with Crippen molar-refractivity contribution in [1.29, 1.82) is 0 Å². The first kappa shape index (κ1) is 17.7. The first-order valence-electron chi connectivity index (χ1n) is 8.78. The van der Waals surface area contributed by atoms with E-state index in [1.54, 1.807) is 19.2 Å². The van der Waals surface area contributed by atoms with Crippen LogP contribution in [0, 0.1) is 0 Å². The molecule has 1 aliphatic carbocycles. The minimum atomic E-state index is -3.78. The number of primary sulfonamides is 1. The molecule has 0 saturated heterocycles. The molecule has 1 aromatic carbocycles. The Morgan fingerprint density at radius 2 is 2.07 bits per heavy atom. The van der Waals surface area contributed by atoms with Gasteiger partial charge in [0.2, 0.25) is 15.9 Å². The lowest BCUT2D eigenvalue weighted by Gasteiger charge is -2.12. The Morgan fingerprint density at radius 3 is 2.78 bits per heavy atom. The molecule has 0 bridgehead atoms. The summed E-state index contributed by atoms with van der Waals surface area (Å²) in [6.45, 7) is 0. The van der Waals surface area contributed by atoms with E-state index in [9.17, 15) is 8.42 Å². The largest absolute Gasteiger partial charge is 0.480 e. The van der Waals surface area contributed by atoms with E-state index in [1.807, 2.05) is 6.20 Å². The third kappa shape index (κ3) is 3.35. The number of ether oxygens (including phenoxy) is 1. The molecule has 2 heterocycles. The average Bonchev–Trinajstić information content (AvgIpc) is 3.31. The van der Waals surface area contributed by atoms with Gasteiger partial charge in [0.15, 0.2) is 5.82 Å². The van der Waals surface area contributed by atoms with Gasteiger partial charge in [0.05, 0.1) is 17.5 Å².